The molecule has 1 unspecified atom stereocenters. The van der Waals surface area contributed by atoms with E-state index in [0.717, 1.165) is 39.0 Å². The van der Waals surface area contributed by atoms with Crippen molar-refractivity contribution >= 4 is 10.9 Å². The molecule has 0 aliphatic carbocycles. The van der Waals surface area contributed by atoms with Gasteiger partial charge in [-0.15, -0.1) is 0 Å². The molecule has 0 saturated carbocycles. The van der Waals surface area contributed by atoms with Gasteiger partial charge >= 0.3 is 0 Å². The molecule has 1 aliphatic heterocycles. The van der Waals surface area contributed by atoms with Crippen molar-refractivity contribution in [3.05, 3.63) is 36.0 Å². The maximum absolute atomic E-state index is 10.5. The molecule has 0 spiro atoms. The van der Waals surface area contributed by atoms with E-state index in [1.54, 1.807) is 0 Å². The third kappa shape index (κ3) is 2.91. The van der Waals surface area contributed by atoms with Crippen molar-refractivity contribution < 1.29 is 5.11 Å². The fourth-order valence-corrected chi connectivity index (χ4v) is 3.65. The Kier molecular flexibility index (Phi) is 4.81. The van der Waals surface area contributed by atoms with Crippen molar-refractivity contribution in [2.24, 2.45) is 0 Å². The lowest BCUT2D eigenvalue weighted by Crippen LogP contribution is -2.50. The highest BCUT2D eigenvalue weighted by Crippen LogP contribution is 2.33. The highest BCUT2D eigenvalue weighted by atomic mass is 16.3. The molecule has 120 valence electrons. The Morgan fingerprint density at radius 1 is 1.23 bits per heavy atom. The maximum Gasteiger partial charge on any atom is 0.165 e. The van der Waals surface area contributed by atoms with Gasteiger partial charge in [0, 0.05) is 30.2 Å². The molecule has 1 fully saturated rings. The Labute approximate surface area is 132 Å². The standard InChI is InChI=1S/C18H27N3O/c1-3-20(4-2)18(22)21-11-9-14(10-12-21)16-13-19-17-8-6-5-7-15(16)17/h5-8,13-14,18-19,22H,3-4,9-12H2,1-2H3. The molecule has 2 aromatic rings. The Morgan fingerprint density at radius 2 is 1.91 bits per heavy atom. The van der Waals surface area contributed by atoms with Gasteiger partial charge in [0.1, 0.15) is 0 Å². The fraction of sp³-hybridized carbons (Fsp3) is 0.556. The molecule has 2 heterocycles. The third-order valence-electron chi connectivity index (χ3n) is 5.06. The molecule has 4 heteroatoms. The summed E-state index contributed by atoms with van der Waals surface area (Å²) in [5.41, 5.74) is 2.66. The van der Waals surface area contributed by atoms with Crippen LogP contribution in [-0.2, 0) is 0 Å². The number of hydrogen-bond acceptors (Lipinski definition) is 3. The minimum atomic E-state index is -0.432. The molecular formula is C18H27N3O. The lowest BCUT2D eigenvalue weighted by molar-refractivity contribution is -0.116. The first-order valence-electron chi connectivity index (χ1n) is 8.46. The summed E-state index contributed by atoms with van der Waals surface area (Å²) in [7, 11) is 0. The van der Waals surface area contributed by atoms with Crippen molar-refractivity contribution in [1.82, 2.24) is 14.8 Å². The number of aromatic nitrogens is 1. The van der Waals surface area contributed by atoms with Gasteiger partial charge in [-0.2, -0.15) is 0 Å². The van der Waals surface area contributed by atoms with Crippen LogP contribution < -0.4 is 0 Å². The zero-order valence-corrected chi connectivity index (χ0v) is 13.6. The van der Waals surface area contributed by atoms with Gasteiger partial charge in [-0.1, -0.05) is 32.0 Å². The summed E-state index contributed by atoms with van der Waals surface area (Å²) in [6, 6.07) is 8.53. The second kappa shape index (κ2) is 6.82. The van der Waals surface area contributed by atoms with Gasteiger partial charge in [-0.25, -0.2) is 0 Å². The smallest absolute Gasteiger partial charge is 0.165 e. The number of rotatable bonds is 5. The SMILES string of the molecule is CCN(CC)C(O)N1CCC(c2c[nH]c3ccccc23)CC1. The number of likely N-dealkylation sites (tertiary alicyclic amines) is 1. The molecule has 4 nitrogen and oxygen atoms in total. The van der Waals surface area contributed by atoms with Crippen LogP contribution in [0.2, 0.25) is 0 Å². The van der Waals surface area contributed by atoms with Crippen LogP contribution in [-0.4, -0.2) is 52.4 Å². The molecule has 2 N–H and O–H groups in total. The monoisotopic (exact) mass is 301 g/mol. The number of aliphatic hydroxyl groups excluding tert-OH is 1. The van der Waals surface area contributed by atoms with Crippen molar-refractivity contribution in [2.75, 3.05) is 26.2 Å². The second-order valence-corrected chi connectivity index (χ2v) is 6.17. The molecule has 1 aliphatic rings. The van der Waals surface area contributed by atoms with Crippen LogP contribution >= 0.6 is 0 Å². The lowest BCUT2D eigenvalue weighted by Gasteiger charge is -2.39. The van der Waals surface area contributed by atoms with Crippen molar-refractivity contribution in [1.29, 1.82) is 0 Å². The van der Waals surface area contributed by atoms with Crippen LogP contribution in [0.3, 0.4) is 0 Å². The van der Waals surface area contributed by atoms with Crippen LogP contribution in [0, 0.1) is 0 Å². The Hall–Kier alpha value is -1.36. The first kappa shape index (κ1) is 15.5. The number of piperidine rings is 1. The number of fused-ring (bicyclic) bond motifs is 1. The number of nitrogens with zero attached hydrogens (tertiary/aromatic N) is 2. The van der Waals surface area contributed by atoms with Crippen LogP contribution in [0.4, 0.5) is 0 Å². The molecule has 0 radical (unpaired) electrons. The Balaban J connectivity index is 1.67. The summed E-state index contributed by atoms with van der Waals surface area (Å²) in [4.78, 5) is 7.69. The zero-order valence-electron chi connectivity index (χ0n) is 13.6. The number of nitrogens with one attached hydrogen (secondary N) is 1. The van der Waals surface area contributed by atoms with Crippen LogP contribution in [0.25, 0.3) is 10.9 Å². The molecule has 3 rings (SSSR count). The van der Waals surface area contributed by atoms with Gasteiger partial charge < -0.3 is 10.1 Å². The predicted octanol–water partition coefficient (Wildman–Crippen LogP) is 2.97. The first-order valence-corrected chi connectivity index (χ1v) is 8.46. The normalized spacial score (nSPS) is 19.1. The van der Waals surface area contributed by atoms with Gasteiger partial charge in [0.15, 0.2) is 6.35 Å². The van der Waals surface area contributed by atoms with Gasteiger partial charge in [0.25, 0.3) is 0 Å². The van der Waals surface area contributed by atoms with E-state index in [-0.39, 0.29) is 0 Å². The summed E-state index contributed by atoms with van der Waals surface area (Å²) in [6.45, 7) is 7.90. The Bertz CT molecular complexity index is 597. The summed E-state index contributed by atoms with van der Waals surface area (Å²) in [6.07, 6.45) is 3.96. The average Bonchev–Trinajstić information content (AvgIpc) is 3.00. The molecule has 1 aromatic heterocycles. The number of H-pyrrole nitrogens is 1. The summed E-state index contributed by atoms with van der Waals surface area (Å²) in [5.74, 6) is 0.594. The van der Waals surface area contributed by atoms with Gasteiger partial charge in [-0.3, -0.25) is 9.80 Å². The van der Waals surface area contributed by atoms with E-state index >= 15 is 0 Å². The van der Waals surface area contributed by atoms with Gasteiger partial charge in [0.2, 0.25) is 0 Å². The molecule has 0 bridgehead atoms. The van der Waals surface area contributed by atoms with E-state index in [0.29, 0.717) is 5.92 Å². The highest BCUT2D eigenvalue weighted by Gasteiger charge is 2.28. The highest BCUT2D eigenvalue weighted by molar-refractivity contribution is 5.83. The topological polar surface area (TPSA) is 42.5 Å². The molecule has 22 heavy (non-hydrogen) atoms. The number of aliphatic hydroxyl groups is 1. The summed E-state index contributed by atoms with van der Waals surface area (Å²) >= 11 is 0. The quantitative estimate of drug-likeness (QED) is 0.834. The molecule has 1 atom stereocenters. The minimum absolute atomic E-state index is 0.432. The van der Waals surface area contributed by atoms with Gasteiger partial charge in [-0.05, 0) is 43.5 Å². The zero-order chi connectivity index (χ0) is 15.5. The van der Waals surface area contributed by atoms with Crippen molar-refractivity contribution in [2.45, 2.75) is 39.0 Å². The lowest BCUT2D eigenvalue weighted by atomic mass is 9.89. The summed E-state index contributed by atoms with van der Waals surface area (Å²) < 4.78 is 0. The van der Waals surface area contributed by atoms with Crippen molar-refractivity contribution in [3.63, 3.8) is 0 Å². The third-order valence-corrected chi connectivity index (χ3v) is 5.06. The summed E-state index contributed by atoms with van der Waals surface area (Å²) in [5, 5.41) is 11.8. The van der Waals surface area contributed by atoms with Crippen LogP contribution in [0.1, 0.15) is 38.2 Å². The first-order chi connectivity index (χ1) is 10.7. The van der Waals surface area contributed by atoms with Gasteiger partial charge in [0.05, 0.1) is 0 Å². The molecule has 1 aromatic carbocycles. The number of benzene rings is 1. The Morgan fingerprint density at radius 3 is 2.59 bits per heavy atom. The number of hydrogen-bond donors (Lipinski definition) is 2. The number of aromatic amines is 1. The molecular weight excluding hydrogens is 274 g/mol. The predicted molar refractivity (Wildman–Crippen MR) is 90.8 cm³/mol. The van der Waals surface area contributed by atoms with E-state index in [1.165, 1.54) is 16.5 Å². The average molecular weight is 301 g/mol. The van der Waals surface area contributed by atoms with E-state index in [9.17, 15) is 5.11 Å². The largest absolute Gasteiger partial charge is 0.365 e. The van der Waals surface area contributed by atoms with E-state index in [2.05, 4.69) is 59.1 Å². The van der Waals surface area contributed by atoms with Crippen molar-refractivity contribution in [3.8, 4) is 0 Å². The molecule has 0 amide bonds. The minimum Gasteiger partial charge on any atom is -0.365 e. The van der Waals surface area contributed by atoms with E-state index in [1.807, 2.05) is 0 Å². The van der Waals surface area contributed by atoms with Crippen LogP contribution in [0.5, 0.6) is 0 Å². The fourth-order valence-electron chi connectivity index (χ4n) is 3.65. The number of para-hydroxylation sites is 1. The second-order valence-electron chi connectivity index (χ2n) is 6.17. The van der Waals surface area contributed by atoms with E-state index < -0.39 is 6.35 Å². The molecule has 1 saturated heterocycles. The van der Waals surface area contributed by atoms with Crippen LogP contribution in [0.15, 0.2) is 30.5 Å². The maximum atomic E-state index is 10.5. The van der Waals surface area contributed by atoms with E-state index in [4.69, 9.17) is 0 Å².